The van der Waals surface area contributed by atoms with E-state index in [1.165, 1.54) is 6.92 Å². The zero-order valence-corrected chi connectivity index (χ0v) is 7.23. The third kappa shape index (κ3) is 3.00. The number of aliphatic hydroxyl groups excluding tert-OH is 1. The van der Waals surface area contributed by atoms with Gasteiger partial charge in [-0.1, -0.05) is 6.92 Å². The van der Waals surface area contributed by atoms with E-state index in [0.717, 1.165) is 0 Å². The first-order chi connectivity index (χ1) is 5.83. The van der Waals surface area contributed by atoms with Crippen LogP contribution in [0, 0.1) is 5.92 Å². The third-order valence-corrected chi connectivity index (χ3v) is 1.80. The maximum atomic E-state index is 10.5. The number of aliphatic hydroxyl groups is 1. The third-order valence-electron chi connectivity index (χ3n) is 1.80. The van der Waals surface area contributed by atoms with Gasteiger partial charge in [-0.05, 0) is 6.42 Å². The van der Waals surface area contributed by atoms with Crippen molar-refractivity contribution < 1.29 is 24.9 Å². The highest BCUT2D eigenvalue weighted by atomic mass is 16.4. The van der Waals surface area contributed by atoms with Crippen LogP contribution >= 0.6 is 0 Å². The Balaban J connectivity index is 4.45. The Labute approximate surface area is 75.0 Å². The summed E-state index contributed by atoms with van der Waals surface area (Å²) in [7, 11) is 0. The van der Waals surface area contributed by atoms with Gasteiger partial charge in [0.15, 0.2) is 0 Å². The monoisotopic (exact) mass is 191 g/mol. The first-order valence-electron chi connectivity index (χ1n) is 3.69. The van der Waals surface area contributed by atoms with Crippen molar-refractivity contribution >= 4 is 11.9 Å². The minimum atomic E-state index is -1.86. The lowest BCUT2D eigenvalue weighted by Crippen LogP contribution is -2.53. The van der Waals surface area contributed by atoms with Crippen molar-refractivity contribution in [3.05, 3.63) is 0 Å². The molecule has 6 heteroatoms. The normalized spacial score (nSPS) is 17.5. The van der Waals surface area contributed by atoms with Gasteiger partial charge in [-0.3, -0.25) is 9.59 Å². The van der Waals surface area contributed by atoms with Crippen molar-refractivity contribution in [2.75, 3.05) is 6.61 Å². The van der Waals surface area contributed by atoms with Crippen LogP contribution in [-0.2, 0) is 9.59 Å². The molecule has 0 saturated carbocycles. The average Bonchev–Trinajstić information content (AvgIpc) is 2.03. The molecule has 0 aromatic carbocycles. The van der Waals surface area contributed by atoms with Gasteiger partial charge in [0.2, 0.25) is 0 Å². The van der Waals surface area contributed by atoms with Gasteiger partial charge >= 0.3 is 11.9 Å². The van der Waals surface area contributed by atoms with Crippen molar-refractivity contribution in [3.63, 3.8) is 0 Å². The maximum Gasteiger partial charge on any atom is 0.326 e. The fraction of sp³-hybridized carbons (Fsp3) is 0.714. The molecule has 0 amide bonds. The van der Waals surface area contributed by atoms with Gasteiger partial charge in [0.25, 0.3) is 0 Å². The summed E-state index contributed by atoms with van der Waals surface area (Å²) in [5.41, 5.74) is 3.40. The van der Waals surface area contributed by atoms with Crippen LogP contribution in [0.15, 0.2) is 0 Å². The Kier molecular flexibility index (Phi) is 3.83. The fourth-order valence-electron chi connectivity index (χ4n) is 0.853. The summed E-state index contributed by atoms with van der Waals surface area (Å²) in [6.07, 6.45) is -0.297. The standard InChI is InChI=1S/C7H13NO5/c1-4(5(10)11)2-7(8,3-9)6(12)13/h4,9H,2-3,8H2,1H3,(H,10,11)(H,12,13). The Morgan fingerprint density at radius 1 is 1.46 bits per heavy atom. The SMILES string of the molecule is CC(CC(N)(CO)C(=O)O)C(=O)O. The minimum absolute atomic E-state index is 0.297. The quantitative estimate of drug-likeness (QED) is 0.436. The molecule has 0 rings (SSSR count). The van der Waals surface area contributed by atoms with Crippen LogP contribution in [0.2, 0.25) is 0 Å². The highest BCUT2D eigenvalue weighted by Gasteiger charge is 2.36. The second-order valence-electron chi connectivity index (χ2n) is 3.06. The lowest BCUT2D eigenvalue weighted by atomic mass is 9.90. The average molecular weight is 191 g/mol. The van der Waals surface area contributed by atoms with Crippen LogP contribution in [0.3, 0.4) is 0 Å². The molecule has 0 bridgehead atoms. The largest absolute Gasteiger partial charge is 0.481 e. The summed E-state index contributed by atoms with van der Waals surface area (Å²) < 4.78 is 0. The minimum Gasteiger partial charge on any atom is -0.481 e. The smallest absolute Gasteiger partial charge is 0.326 e. The first-order valence-corrected chi connectivity index (χ1v) is 3.69. The van der Waals surface area contributed by atoms with E-state index >= 15 is 0 Å². The van der Waals surface area contributed by atoms with E-state index in [0.29, 0.717) is 0 Å². The molecule has 13 heavy (non-hydrogen) atoms. The predicted molar refractivity (Wildman–Crippen MR) is 43.1 cm³/mol. The van der Waals surface area contributed by atoms with E-state index in [4.69, 9.17) is 21.1 Å². The van der Waals surface area contributed by atoms with E-state index in [1.54, 1.807) is 0 Å². The van der Waals surface area contributed by atoms with E-state index < -0.39 is 30.0 Å². The van der Waals surface area contributed by atoms with Crippen LogP contribution in [0.4, 0.5) is 0 Å². The topological polar surface area (TPSA) is 121 Å². The summed E-state index contributed by atoms with van der Waals surface area (Å²) in [6.45, 7) is 0.558. The van der Waals surface area contributed by atoms with E-state index in [-0.39, 0.29) is 6.42 Å². The van der Waals surface area contributed by atoms with Crippen LogP contribution in [0.1, 0.15) is 13.3 Å². The molecule has 0 heterocycles. The predicted octanol–water partition coefficient (Wildman–Crippen LogP) is -1.13. The van der Waals surface area contributed by atoms with Crippen molar-refractivity contribution in [3.8, 4) is 0 Å². The molecule has 5 N–H and O–H groups in total. The van der Waals surface area contributed by atoms with Gasteiger partial charge in [0, 0.05) is 0 Å². The van der Waals surface area contributed by atoms with Crippen LogP contribution in [0.5, 0.6) is 0 Å². The number of nitrogens with two attached hydrogens (primary N) is 1. The zero-order chi connectivity index (χ0) is 10.6. The van der Waals surface area contributed by atoms with Gasteiger partial charge in [0.1, 0.15) is 5.54 Å². The molecule has 2 unspecified atom stereocenters. The summed E-state index contributed by atoms with van der Waals surface area (Å²) in [5.74, 6) is -3.43. The highest BCUT2D eigenvalue weighted by molar-refractivity contribution is 5.80. The second kappa shape index (κ2) is 4.20. The number of hydrogen-bond acceptors (Lipinski definition) is 4. The van der Waals surface area contributed by atoms with E-state index in [9.17, 15) is 9.59 Å². The van der Waals surface area contributed by atoms with Gasteiger partial charge in [-0.15, -0.1) is 0 Å². The molecule has 0 fully saturated rings. The summed E-state index contributed by atoms with van der Waals surface area (Å²) in [6, 6.07) is 0. The number of carboxylic acid groups (broad SMARTS) is 2. The molecular weight excluding hydrogens is 178 g/mol. The van der Waals surface area contributed by atoms with Crippen LogP contribution in [-0.4, -0.2) is 39.4 Å². The molecule has 0 aliphatic rings. The van der Waals surface area contributed by atoms with Crippen LogP contribution < -0.4 is 5.73 Å². The van der Waals surface area contributed by atoms with E-state index in [2.05, 4.69) is 0 Å². The highest BCUT2D eigenvalue weighted by Crippen LogP contribution is 2.14. The molecule has 6 nitrogen and oxygen atoms in total. The molecule has 0 radical (unpaired) electrons. The second-order valence-corrected chi connectivity index (χ2v) is 3.06. The summed E-state index contributed by atoms with van der Waals surface area (Å²) >= 11 is 0. The number of rotatable bonds is 5. The molecule has 0 aliphatic carbocycles. The molecule has 2 atom stereocenters. The molecule has 0 aromatic rings. The molecule has 76 valence electrons. The first kappa shape index (κ1) is 11.9. The number of aliphatic carboxylic acids is 2. The molecule has 0 spiro atoms. The number of carboxylic acids is 2. The zero-order valence-electron chi connectivity index (χ0n) is 7.23. The van der Waals surface area contributed by atoms with Crippen molar-refractivity contribution in [2.24, 2.45) is 11.7 Å². The Morgan fingerprint density at radius 2 is 1.92 bits per heavy atom. The Morgan fingerprint density at radius 3 is 2.15 bits per heavy atom. The van der Waals surface area contributed by atoms with Crippen molar-refractivity contribution in [1.82, 2.24) is 0 Å². The summed E-state index contributed by atoms with van der Waals surface area (Å²) in [5, 5.41) is 25.8. The number of hydrogen-bond donors (Lipinski definition) is 4. The lowest BCUT2D eigenvalue weighted by Gasteiger charge is -2.23. The van der Waals surface area contributed by atoms with Crippen molar-refractivity contribution in [2.45, 2.75) is 18.9 Å². The molecule has 0 aliphatic heterocycles. The van der Waals surface area contributed by atoms with Gasteiger partial charge in [0.05, 0.1) is 12.5 Å². The summed E-state index contributed by atoms with van der Waals surface area (Å²) in [4.78, 5) is 20.9. The van der Waals surface area contributed by atoms with Gasteiger partial charge in [-0.2, -0.15) is 0 Å². The van der Waals surface area contributed by atoms with Gasteiger partial charge < -0.3 is 21.1 Å². The lowest BCUT2D eigenvalue weighted by molar-refractivity contribution is -0.148. The van der Waals surface area contributed by atoms with E-state index in [1.807, 2.05) is 0 Å². The number of carbonyl (C=O) groups is 2. The molecule has 0 aromatic heterocycles. The molecular formula is C7H13NO5. The van der Waals surface area contributed by atoms with Crippen LogP contribution in [0.25, 0.3) is 0 Å². The molecule has 0 saturated heterocycles. The fourth-order valence-corrected chi connectivity index (χ4v) is 0.853. The Hall–Kier alpha value is -1.14. The maximum absolute atomic E-state index is 10.5. The van der Waals surface area contributed by atoms with Crippen molar-refractivity contribution in [1.29, 1.82) is 0 Å². The van der Waals surface area contributed by atoms with Gasteiger partial charge in [-0.25, -0.2) is 0 Å². The Bertz CT molecular complexity index is 217.